The maximum atomic E-state index is 12.6. The summed E-state index contributed by atoms with van der Waals surface area (Å²) in [6.45, 7) is 1.09. The molecule has 1 N–H and O–H groups in total. The van der Waals surface area contributed by atoms with Gasteiger partial charge in [0.2, 0.25) is 15.9 Å². The molecule has 3 rings (SSSR count). The molecule has 1 aliphatic rings. The van der Waals surface area contributed by atoms with Crippen LogP contribution in [0.4, 0.5) is 0 Å². The molecule has 0 saturated carbocycles. The van der Waals surface area contributed by atoms with Gasteiger partial charge in [-0.3, -0.25) is 9.89 Å². The van der Waals surface area contributed by atoms with Gasteiger partial charge in [0.15, 0.2) is 0 Å². The number of aromatic amines is 1. The van der Waals surface area contributed by atoms with Crippen molar-refractivity contribution in [1.29, 1.82) is 0 Å². The number of unbranched alkanes of at least 4 members (excludes halogenated alkanes) is 2. The van der Waals surface area contributed by atoms with Gasteiger partial charge >= 0.3 is 0 Å². The highest BCUT2D eigenvalue weighted by Crippen LogP contribution is 2.22. The number of benzene rings is 1. The molecule has 1 atom stereocenters. The van der Waals surface area contributed by atoms with Gasteiger partial charge in [0, 0.05) is 31.4 Å². The fourth-order valence-electron chi connectivity index (χ4n) is 3.84. The lowest BCUT2D eigenvalue weighted by Crippen LogP contribution is -2.46. The number of hydrogen-bond acceptors (Lipinski definition) is 4. The van der Waals surface area contributed by atoms with E-state index >= 15 is 0 Å². The van der Waals surface area contributed by atoms with E-state index in [0.29, 0.717) is 19.5 Å². The van der Waals surface area contributed by atoms with Gasteiger partial charge in [0.05, 0.1) is 11.9 Å². The number of amides is 1. The summed E-state index contributed by atoms with van der Waals surface area (Å²) in [6.07, 6.45) is 6.36. The highest BCUT2D eigenvalue weighted by atomic mass is 32.2. The summed E-state index contributed by atoms with van der Waals surface area (Å²) in [6, 6.07) is 11.6. The minimum atomic E-state index is -3.33. The van der Waals surface area contributed by atoms with Crippen LogP contribution < -0.4 is 0 Å². The van der Waals surface area contributed by atoms with Gasteiger partial charge in [0.25, 0.3) is 0 Å². The van der Waals surface area contributed by atoms with Gasteiger partial charge < -0.3 is 4.90 Å². The van der Waals surface area contributed by atoms with Crippen molar-refractivity contribution in [3.63, 3.8) is 0 Å². The van der Waals surface area contributed by atoms with E-state index in [0.717, 1.165) is 49.1 Å². The Morgan fingerprint density at radius 2 is 2.00 bits per heavy atom. The molecule has 0 bridgehead atoms. The lowest BCUT2D eigenvalue weighted by Gasteiger charge is -2.26. The standard InChI is InChI=1S/C21H30N4O3S/c1-24(21(26)20-13-9-15-25(20)29(2,27)28)14-8-4-7-12-18-16-19(23-22-18)17-10-5-3-6-11-17/h3,5-6,10-11,16,20H,4,7-9,12-15H2,1-2H3,(H,22,23). The van der Waals surface area contributed by atoms with E-state index in [9.17, 15) is 13.2 Å². The number of likely N-dealkylation sites (N-methyl/N-ethyl adjacent to an activating group) is 1. The van der Waals surface area contributed by atoms with Crippen LogP contribution in [0.2, 0.25) is 0 Å². The quantitative estimate of drug-likeness (QED) is 0.635. The second-order valence-corrected chi connectivity index (χ2v) is 9.68. The minimum absolute atomic E-state index is 0.0889. The molecule has 1 saturated heterocycles. The van der Waals surface area contributed by atoms with Crippen LogP contribution in [0.15, 0.2) is 36.4 Å². The third-order valence-electron chi connectivity index (χ3n) is 5.43. The predicted molar refractivity (Wildman–Crippen MR) is 114 cm³/mol. The molecule has 0 radical (unpaired) electrons. The molecular formula is C21H30N4O3S. The Hall–Kier alpha value is -2.19. The Morgan fingerprint density at radius 3 is 2.72 bits per heavy atom. The van der Waals surface area contributed by atoms with Gasteiger partial charge in [-0.1, -0.05) is 36.8 Å². The first-order valence-electron chi connectivity index (χ1n) is 10.2. The molecule has 158 valence electrons. The van der Waals surface area contributed by atoms with Crippen molar-refractivity contribution in [3.05, 3.63) is 42.1 Å². The summed E-state index contributed by atoms with van der Waals surface area (Å²) in [5.41, 5.74) is 3.17. The van der Waals surface area contributed by atoms with Crippen molar-refractivity contribution >= 4 is 15.9 Å². The monoisotopic (exact) mass is 418 g/mol. The molecule has 0 aliphatic carbocycles. The third kappa shape index (κ3) is 5.67. The molecule has 1 aromatic carbocycles. The number of rotatable bonds is 9. The fraction of sp³-hybridized carbons (Fsp3) is 0.524. The third-order valence-corrected chi connectivity index (χ3v) is 6.72. The van der Waals surface area contributed by atoms with E-state index in [2.05, 4.69) is 16.3 Å². The van der Waals surface area contributed by atoms with E-state index < -0.39 is 16.1 Å². The summed E-state index contributed by atoms with van der Waals surface area (Å²) in [5.74, 6) is -0.0889. The molecule has 8 heteroatoms. The lowest BCUT2D eigenvalue weighted by molar-refractivity contribution is -0.133. The van der Waals surface area contributed by atoms with E-state index in [1.54, 1.807) is 11.9 Å². The van der Waals surface area contributed by atoms with Crippen LogP contribution in [0.25, 0.3) is 11.3 Å². The van der Waals surface area contributed by atoms with Gasteiger partial charge in [-0.2, -0.15) is 9.40 Å². The Bertz CT molecular complexity index is 911. The fourth-order valence-corrected chi connectivity index (χ4v) is 4.95. The Kier molecular flexibility index (Phi) is 7.08. The van der Waals surface area contributed by atoms with Crippen molar-refractivity contribution in [2.75, 3.05) is 26.4 Å². The molecule has 1 amide bonds. The molecule has 1 aromatic heterocycles. The Balaban J connectivity index is 1.39. The van der Waals surface area contributed by atoms with Gasteiger partial charge in [-0.05, 0) is 38.2 Å². The SMILES string of the molecule is CN(CCCCCc1cc(-c2ccccc2)n[nH]1)C(=O)C1CCCN1S(C)(=O)=O. The van der Waals surface area contributed by atoms with Crippen LogP contribution >= 0.6 is 0 Å². The highest BCUT2D eigenvalue weighted by Gasteiger charge is 2.37. The molecule has 1 aliphatic heterocycles. The number of aromatic nitrogens is 2. The largest absolute Gasteiger partial charge is 0.344 e. The summed E-state index contributed by atoms with van der Waals surface area (Å²) in [4.78, 5) is 14.3. The number of aryl methyl sites for hydroxylation is 1. The van der Waals surface area contributed by atoms with Gasteiger partial charge in [-0.15, -0.1) is 0 Å². The number of carbonyl (C=O) groups excluding carboxylic acids is 1. The smallest absolute Gasteiger partial charge is 0.240 e. The number of H-pyrrole nitrogens is 1. The molecule has 2 aromatic rings. The Labute approximate surface area is 173 Å². The van der Waals surface area contributed by atoms with Crippen LogP contribution in [0.5, 0.6) is 0 Å². The summed E-state index contributed by atoms with van der Waals surface area (Å²) in [7, 11) is -1.57. The number of carbonyl (C=O) groups is 1. The van der Waals surface area contributed by atoms with Gasteiger partial charge in [0.1, 0.15) is 6.04 Å². The summed E-state index contributed by atoms with van der Waals surface area (Å²) < 4.78 is 25.0. The summed E-state index contributed by atoms with van der Waals surface area (Å²) >= 11 is 0. The van der Waals surface area contributed by atoms with Crippen LogP contribution in [0.3, 0.4) is 0 Å². The molecule has 29 heavy (non-hydrogen) atoms. The number of nitrogens with one attached hydrogen (secondary N) is 1. The van der Waals surface area contributed by atoms with Crippen LogP contribution in [-0.2, 0) is 21.2 Å². The average Bonchev–Trinajstić information content (AvgIpc) is 3.37. The first-order valence-corrected chi connectivity index (χ1v) is 12.0. The molecule has 1 unspecified atom stereocenters. The second kappa shape index (κ2) is 9.54. The van der Waals surface area contributed by atoms with Crippen molar-refractivity contribution in [2.24, 2.45) is 0 Å². The zero-order valence-electron chi connectivity index (χ0n) is 17.2. The maximum absolute atomic E-state index is 12.6. The molecule has 1 fully saturated rings. The average molecular weight is 419 g/mol. The molecule has 7 nitrogen and oxygen atoms in total. The van der Waals surface area contributed by atoms with Crippen LogP contribution in [0, 0.1) is 0 Å². The Morgan fingerprint density at radius 1 is 1.24 bits per heavy atom. The lowest BCUT2D eigenvalue weighted by atomic mass is 10.1. The highest BCUT2D eigenvalue weighted by molar-refractivity contribution is 7.88. The van der Waals surface area contributed by atoms with Crippen molar-refractivity contribution in [2.45, 2.75) is 44.6 Å². The zero-order chi connectivity index (χ0) is 20.9. The predicted octanol–water partition coefficient (Wildman–Crippen LogP) is 2.67. The molecule has 0 spiro atoms. The number of hydrogen-bond donors (Lipinski definition) is 1. The van der Waals surface area contributed by atoms with Crippen molar-refractivity contribution in [3.8, 4) is 11.3 Å². The number of nitrogens with zero attached hydrogens (tertiary/aromatic N) is 3. The maximum Gasteiger partial charge on any atom is 0.240 e. The van der Waals surface area contributed by atoms with E-state index in [-0.39, 0.29) is 5.91 Å². The second-order valence-electron chi connectivity index (χ2n) is 7.75. The number of sulfonamides is 1. The van der Waals surface area contributed by atoms with Crippen molar-refractivity contribution in [1.82, 2.24) is 19.4 Å². The minimum Gasteiger partial charge on any atom is -0.344 e. The molecular weight excluding hydrogens is 388 g/mol. The summed E-state index contributed by atoms with van der Waals surface area (Å²) in [5, 5.41) is 7.48. The van der Waals surface area contributed by atoms with Crippen molar-refractivity contribution < 1.29 is 13.2 Å². The van der Waals surface area contributed by atoms with Gasteiger partial charge in [-0.25, -0.2) is 8.42 Å². The topological polar surface area (TPSA) is 86.4 Å². The van der Waals surface area contributed by atoms with Crippen LogP contribution in [-0.4, -0.2) is 66.2 Å². The first-order chi connectivity index (χ1) is 13.9. The zero-order valence-corrected chi connectivity index (χ0v) is 18.0. The van der Waals surface area contributed by atoms with E-state index in [1.807, 2.05) is 30.3 Å². The molecule has 2 heterocycles. The normalized spacial score (nSPS) is 17.5. The first kappa shape index (κ1) is 21.5. The van der Waals surface area contributed by atoms with E-state index in [4.69, 9.17) is 0 Å². The van der Waals surface area contributed by atoms with E-state index in [1.165, 1.54) is 10.6 Å². The van der Waals surface area contributed by atoms with Crippen LogP contribution in [0.1, 0.15) is 37.8 Å².